The minimum Gasteiger partial charge on any atom is -0.372 e. The Kier molecular flexibility index (Phi) is 4.42. The molecule has 0 heterocycles. The summed E-state index contributed by atoms with van der Waals surface area (Å²) >= 11 is 6.09. The van der Waals surface area contributed by atoms with E-state index in [9.17, 15) is 0 Å². The quantitative estimate of drug-likeness (QED) is 0.760. The molecule has 2 rings (SSSR count). The Morgan fingerprint density at radius 2 is 1.89 bits per heavy atom. The van der Waals surface area contributed by atoms with Gasteiger partial charge in [0.1, 0.15) is 0 Å². The number of hydrogen-bond acceptors (Lipinski definition) is 2. The van der Waals surface area contributed by atoms with Crippen molar-refractivity contribution < 1.29 is 0 Å². The number of hydrogen-bond donors (Lipinski definition) is 0. The molecule has 1 fully saturated rings. The first-order valence-electron chi connectivity index (χ1n) is 7.02. The number of alkyl halides is 1. The first-order chi connectivity index (χ1) is 8.98. The molecule has 1 aliphatic rings. The molecule has 0 unspecified atom stereocenters. The zero-order valence-electron chi connectivity index (χ0n) is 12.5. The standard InChI is InChI=1S/C16H25ClN2/c1-13-6-7-15(14(10-13)11-17)19(4)12-16(18(2)3)8-5-9-16/h6-7,10H,5,8-9,11-12H2,1-4H3. The van der Waals surface area contributed by atoms with Gasteiger partial charge in [0, 0.05) is 30.7 Å². The van der Waals surface area contributed by atoms with Crippen LogP contribution in [0.15, 0.2) is 18.2 Å². The van der Waals surface area contributed by atoms with Crippen LogP contribution in [-0.4, -0.2) is 38.1 Å². The molecule has 0 spiro atoms. The van der Waals surface area contributed by atoms with Crippen molar-refractivity contribution in [3.8, 4) is 0 Å². The second-order valence-electron chi connectivity index (χ2n) is 6.09. The monoisotopic (exact) mass is 280 g/mol. The minimum atomic E-state index is 0.350. The number of anilines is 1. The van der Waals surface area contributed by atoms with Crippen molar-refractivity contribution in [1.82, 2.24) is 4.90 Å². The third-order valence-corrected chi connectivity index (χ3v) is 4.84. The van der Waals surface area contributed by atoms with Gasteiger partial charge in [0.05, 0.1) is 0 Å². The van der Waals surface area contributed by atoms with Crippen molar-refractivity contribution in [3.05, 3.63) is 29.3 Å². The van der Waals surface area contributed by atoms with Gasteiger partial charge in [-0.1, -0.05) is 17.7 Å². The summed E-state index contributed by atoms with van der Waals surface area (Å²) in [5.74, 6) is 0.580. The Hall–Kier alpha value is -0.730. The van der Waals surface area contributed by atoms with Gasteiger partial charge >= 0.3 is 0 Å². The molecule has 0 aliphatic heterocycles. The normalized spacial score (nSPS) is 17.4. The summed E-state index contributed by atoms with van der Waals surface area (Å²) in [4.78, 5) is 4.76. The molecule has 0 amide bonds. The zero-order chi connectivity index (χ0) is 14.0. The fourth-order valence-corrected chi connectivity index (χ4v) is 3.27. The van der Waals surface area contributed by atoms with Crippen LogP contribution in [0, 0.1) is 6.92 Å². The van der Waals surface area contributed by atoms with Crippen LogP contribution < -0.4 is 4.90 Å². The van der Waals surface area contributed by atoms with Crippen LogP contribution in [0.3, 0.4) is 0 Å². The van der Waals surface area contributed by atoms with Crippen LogP contribution in [-0.2, 0) is 5.88 Å². The predicted molar refractivity (Wildman–Crippen MR) is 84.3 cm³/mol. The lowest BCUT2D eigenvalue weighted by atomic mass is 9.75. The average Bonchev–Trinajstić information content (AvgIpc) is 2.32. The second kappa shape index (κ2) is 5.72. The van der Waals surface area contributed by atoms with Gasteiger partial charge in [0.2, 0.25) is 0 Å². The predicted octanol–water partition coefficient (Wildman–Crippen LogP) is 3.65. The molecular formula is C16H25ClN2. The maximum Gasteiger partial charge on any atom is 0.0494 e. The topological polar surface area (TPSA) is 6.48 Å². The number of nitrogens with zero attached hydrogens (tertiary/aromatic N) is 2. The van der Waals surface area contributed by atoms with Gasteiger partial charge in [-0.25, -0.2) is 0 Å². The summed E-state index contributed by atoms with van der Waals surface area (Å²) in [5.41, 5.74) is 4.13. The van der Waals surface area contributed by atoms with Gasteiger partial charge in [-0.2, -0.15) is 0 Å². The number of halogens is 1. The van der Waals surface area contributed by atoms with E-state index in [1.165, 1.54) is 36.1 Å². The van der Waals surface area contributed by atoms with Gasteiger partial charge < -0.3 is 9.80 Å². The molecule has 0 N–H and O–H groups in total. The van der Waals surface area contributed by atoms with Gasteiger partial charge in [-0.05, 0) is 51.9 Å². The molecule has 0 bridgehead atoms. The smallest absolute Gasteiger partial charge is 0.0494 e. The van der Waals surface area contributed by atoms with E-state index in [0.29, 0.717) is 11.4 Å². The van der Waals surface area contributed by atoms with Gasteiger partial charge in [0.15, 0.2) is 0 Å². The number of aryl methyl sites for hydroxylation is 1. The Morgan fingerprint density at radius 1 is 1.21 bits per heavy atom. The summed E-state index contributed by atoms with van der Waals surface area (Å²) in [7, 11) is 6.58. The molecular weight excluding hydrogens is 256 g/mol. The summed E-state index contributed by atoms with van der Waals surface area (Å²) in [6.45, 7) is 3.19. The average molecular weight is 281 g/mol. The highest BCUT2D eigenvalue weighted by Gasteiger charge is 2.40. The van der Waals surface area contributed by atoms with Crippen molar-refractivity contribution in [2.45, 2.75) is 37.6 Å². The maximum absolute atomic E-state index is 6.09. The van der Waals surface area contributed by atoms with Gasteiger partial charge in [-0.3, -0.25) is 0 Å². The lowest BCUT2D eigenvalue weighted by molar-refractivity contribution is 0.0683. The lowest BCUT2D eigenvalue weighted by Gasteiger charge is -2.49. The molecule has 0 atom stereocenters. The van der Waals surface area contributed by atoms with E-state index < -0.39 is 0 Å². The van der Waals surface area contributed by atoms with E-state index in [-0.39, 0.29) is 0 Å². The first-order valence-corrected chi connectivity index (χ1v) is 7.56. The Morgan fingerprint density at radius 3 is 2.37 bits per heavy atom. The van der Waals surface area contributed by atoms with E-state index in [2.05, 4.69) is 56.1 Å². The van der Waals surface area contributed by atoms with Crippen molar-refractivity contribution >= 4 is 17.3 Å². The molecule has 2 nitrogen and oxygen atoms in total. The molecule has 0 aromatic heterocycles. The SMILES string of the molecule is Cc1ccc(N(C)CC2(N(C)C)CCC2)c(CCl)c1. The van der Waals surface area contributed by atoms with E-state index >= 15 is 0 Å². The molecule has 106 valence electrons. The summed E-state index contributed by atoms with van der Waals surface area (Å²) in [6.07, 6.45) is 3.95. The number of benzene rings is 1. The van der Waals surface area contributed by atoms with Gasteiger partial charge in [0.25, 0.3) is 0 Å². The highest BCUT2D eigenvalue weighted by Crippen LogP contribution is 2.38. The summed E-state index contributed by atoms with van der Waals surface area (Å²) in [6, 6.07) is 6.57. The van der Waals surface area contributed by atoms with Crippen molar-refractivity contribution in [1.29, 1.82) is 0 Å². The molecule has 1 saturated carbocycles. The maximum atomic E-state index is 6.09. The highest BCUT2D eigenvalue weighted by molar-refractivity contribution is 6.17. The van der Waals surface area contributed by atoms with E-state index in [0.717, 1.165) is 6.54 Å². The molecule has 1 aromatic carbocycles. The third-order valence-electron chi connectivity index (χ3n) is 4.55. The van der Waals surface area contributed by atoms with Crippen LogP contribution in [0.4, 0.5) is 5.69 Å². The number of rotatable bonds is 5. The fourth-order valence-electron chi connectivity index (χ4n) is 3.05. The molecule has 1 aliphatic carbocycles. The highest BCUT2D eigenvalue weighted by atomic mass is 35.5. The third kappa shape index (κ3) is 2.90. The minimum absolute atomic E-state index is 0.350. The van der Waals surface area contributed by atoms with Crippen molar-refractivity contribution in [3.63, 3.8) is 0 Å². The Balaban J connectivity index is 2.18. The van der Waals surface area contributed by atoms with Crippen LogP contribution in [0.2, 0.25) is 0 Å². The molecule has 0 radical (unpaired) electrons. The van der Waals surface area contributed by atoms with Crippen LogP contribution >= 0.6 is 11.6 Å². The summed E-state index contributed by atoms with van der Waals surface area (Å²) in [5, 5.41) is 0. The second-order valence-corrected chi connectivity index (χ2v) is 6.36. The van der Waals surface area contributed by atoms with E-state index in [1.807, 2.05) is 0 Å². The number of likely N-dealkylation sites (N-methyl/N-ethyl adjacent to an activating group) is 2. The molecule has 19 heavy (non-hydrogen) atoms. The Bertz CT molecular complexity index is 438. The van der Waals surface area contributed by atoms with E-state index in [1.54, 1.807) is 0 Å². The van der Waals surface area contributed by atoms with Crippen LogP contribution in [0.5, 0.6) is 0 Å². The van der Waals surface area contributed by atoms with E-state index in [4.69, 9.17) is 11.6 Å². The molecule has 0 saturated heterocycles. The van der Waals surface area contributed by atoms with Crippen molar-refractivity contribution in [2.75, 3.05) is 32.6 Å². The fraction of sp³-hybridized carbons (Fsp3) is 0.625. The largest absolute Gasteiger partial charge is 0.372 e. The van der Waals surface area contributed by atoms with Crippen LogP contribution in [0.25, 0.3) is 0 Å². The first kappa shape index (κ1) is 14.7. The molecule has 3 heteroatoms. The lowest BCUT2D eigenvalue weighted by Crippen LogP contribution is -2.56. The van der Waals surface area contributed by atoms with Gasteiger partial charge in [-0.15, -0.1) is 11.6 Å². The summed E-state index contributed by atoms with van der Waals surface area (Å²) < 4.78 is 0. The molecule has 1 aromatic rings. The van der Waals surface area contributed by atoms with Crippen LogP contribution in [0.1, 0.15) is 30.4 Å². The van der Waals surface area contributed by atoms with Crippen molar-refractivity contribution in [2.24, 2.45) is 0 Å². The zero-order valence-corrected chi connectivity index (χ0v) is 13.3. The Labute approximate surface area is 122 Å².